The van der Waals surface area contributed by atoms with Gasteiger partial charge in [0.15, 0.2) is 5.96 Å². The summed E-state index contributed by atoms with van der Waals surface area (Å²) in [6.45, 7) is 16.5. The van der Waals surface area contributed by atoms with Gasteiger partial charge in [-0.1, -0.05) is 26.7 Å². The minimum atomic E-state index is 0.482. The molecule has 130 valence electrons. The van der Waals surface area contributed by atoms with Crippen LogP contribution in [0, 0.1) is 5.92 Å². The highest BCUT2D eigenvalue weighted by Crippen LogP contribution is 2.10. The third kappa shape index (κ3) is 6.53. The Hall–Kier alpha value is -0.810. The van der Waals surface area contributed by atoms with Crippen molar-refractivity contribution in [2.24, 2.45) is 10.9 Å². The van der Waals surface area contributed by atoms with E-state index < -0.39 is 0 Å². The summed E-state index contributed by atoms with van der Waals surface area (Å²) in [4.78, 5) is 7.26. The molecule has 2 atom stereocenters. The smallest absolute Gasteiger partial charge is 0.191 e. The van der Waals surface area contributed by atoms with Crippen LogP contribution in [-0.4, -0.2) is 62.3 Å². The Labute approximate surface area is 136 Å². The summed E-state index contributed by atoms with van der Waals surface area (Å²) >= 11 is 0. The zero-order chi connectivity index (χ0) is 16.4. The van der Waals surface area contributed by atoms with E-state index in [0.29, 0.717) is 18.0 Å². The molecule has 0 saturated carbocycles. The molecule has 5 heteroatoms. The quantitative estimate of drug-likeness (QED) is 0.532. The molecule has 0 aromatic heterocycles. The molecule has 1 rings (SSSR count). The van der Waals surface area contributed by atoms with Crippen LogP contribution in [0.5, 0.6) is 0 Å². The highest BCUT2D eigenvalue weighted by molar-refractivity contribution is 5.79. The lowest BCUT2D eigenvalue weighted by atomic mass is 10.0. The van der Waals surface area contributed by atoms with Crippen LogP contribution in [0.4, 0.5) is 0 Å². The molecular weight excluding hydrogens is 276 g/mol. The third-order valence-corrected chi connectivity index (χ3v) is 4.56. The average molecular weight is 313 g/mol. The Balaban J connectivity index is 2.46. The maximum absolute atomic E-state index is 5.52. The molecule has 0 aliphatic carbocycles. The second kappa shape index (κ2) is 10.8. The Bertz CT molecular complexity index is 318. The summed E-state index contributed by atoms with van der Waals surface area (Å²) in [5.74, 6) is 1.63. The van der Waals surface area contributed by atoms with Gasteiger partial charge in [-0.25, -0.2) is 0 Å². The first-order valence-electron chi connectivity index (χ1n) is 8.97. The van der Waals surface area contributed by atoms with E-state index in [2.05, 4.69) is 50.2 Å². The number of nitrogens with one attached hydrogen (secondary N) is 2. The van der Waals surface area contributed by atoms with Gasteiger partial charge in [-0.2, -0.15) is 0 Å². The number of ether oxygens (including phenoxy) is 1. The summed E-state index contributed by atoms with van der Waals surface area (Å²) < 4.78 is 5.52. The van der Waals surface area contributed by atoms with Gasteiger partial charge in [-0.05, 0) is 26.7 Å². The summed E-state index contributed by atoms with van der Waals surface area (Å²) in [5, 5.41) is 6.85. The number of aliphatic imine (C=N–C) groups is 1. The van der Waals surface area contributed by atoms with Gasteiger partial charge in [0.2, 0.25) is 0 Å². The predicted octanol–water partition coefficient (Wildman–Crippen LogP) is 2.09. The first kappa shape index (κ1) is 19.2. The maximum atomic E-state index is 5.52. The van der Waals surface area contributed by atoms with Crippen LogP contribution in [0.3, 0.4) is 0 Å². The van der Waals surface area contributed by atoms with E-state index in [1.807, 2.05) is 0 Å². The topological polar surface area (TPSA) is 48.9 Å². The molecule has 5 nitrogen and oxygen atoms in total. The minimum absolute atomic E-state index is 0.482. The molecule has 1 aliphatic heterocycles. The van der Waals surface area contributed by atoms with Gasteiger partial charge in [0.1, 0.15) is 0 Å². The van der Waals surface area contributed by atoms with Crippen molar-refractivity contribution >= 4 is 5.96 Å². The monoisotopic (exact) mass is 312 g/mol. The standard InChI is InChI=1S/C17H36N4O/c1-6-16(7-2)12-20-17(18-8-3)19-11-14(4)21-9-10-22-13-15(21)5/h14-16H,6-13H2,1-5H3,(H2,18,19,20). The summed E-state index contributed by atoms with van der Waals surface area (Å²) in [7, 11) is 0. The average Bonchev–Trinajstić information content (AvgIpc) is 2.53. The van der Waals surface area contributed by atoms with E-state index >= 15 is 0 Å². The molecule has 2 N–H and O–H groups in total. The lowest BCUT2D eigenvalue weighted by molar-refractivity contribution is -0.0174. The number of hydrogen-bond acceptors (Lipinski definition) is 3. The number of rotatable bonds is 8. The van der Waals surface area contributed by atoms with Crippen LogP contribution in [0.25, 0.3) is 0 Å². The molecular formula is C17H36N4O. The molecule has 1 heterocycles. The van der Waals surface area contributed by atoms with Gasteiger partial charge in [-0.15, -0.1) is 0 Å². The fourth-order valence-corrected chi connectivity index (χ4v) is 2.87. The highest BCUT2D eigenvalue weighted by atomic mass is 16.5. The van der Waals surface area contributed by atoms with E-state index in [1.165, 1.54) is 12.8 Å². The van der Waals surface area contributed by atoms with E-state index in [0.717, 1.165) is 45.4 Å². The van der Waals surface area contributed by atoms with Gasteiger partial charge in [-0.3, -0.25) is 9.89 Å². The first-order chi connectivity index (χ1) is 10.6. The normalized spacial score (nSPS) is 21.9. The van der Waals surface area contributed by atoms with Crippen molar-refractivity contribution in [3.8, 4) is 0 Å². The van der Waals surface area contributed by atoms with Gasteiger partial charge in [0, 0.05) is 38.3 Å². The molecule has 22 heavy (non-hydrogen) atoms. The van der Waals surface area contributed by atoms with Crippen LogP contribution >= 0.6 is 0 Å². The number of hydrogen-bond donors (Lipinski definition) is 2. The lowest BCUT2D eigenvalue weighted by Crippen LogP contribution is -2.53. The fraction of sp³-hybridized carbons (Fsp3) is 0.941. The zero-order valence-electron chi connectivity index (χ0n) is 15.2. The number of morpholine rings is 1. The van der Waals surface area contributed by atoms with Crippen molar-refractivity contribution in [1.82, 2.24) is 15.5 Å². The van der Waals surface area contributed by atoms with Crippen molar-refractivity contribution in [3.05, 3.63) is 0 Å². The molecule has 1 saturated heterocycles. The second-order valence-corrected chi connectivity index (χ2v) is 6.29. The third-order valence-electron chi connectivity index (χ3n) is 4.56. The van der Waals surface area contributed by atoms with Crippen molar-refractivity contribution in [1.29, 1.82) is 0 Å². The molecule has 1 fully saturated rings. The van der Waals surface area contributed by atoms with Crippen molar-refractivity contribution < 1.29 is 4.74 Å². The summed E-state index contributed by atoms with van der Waals surface area (Å²) in [6.07, 6.45) is 2.39. The van der Waals surface area contributed by atoms with Gasteiger partial charge in [0.25, 0.3) is 0 Å². The van der Waals surface area contributed by atoms with E-state index in [9.17, 15) is 0 Å². The molecule has 0 aromatic rings. The van der Waals surface area contributed by atoms with E-state index in [1.54, 1.807) is 0 Å². The Morgan fingerprint density at radius 2 is 2.00 bits per heavy atom. The van der Waals surface area contributed by atoms with Gasteiger partial charge in [0.05, 0.1) is 13.2 Å². The second-order valence-electron chi connectivity index (χ2n) is 6.29. The van der Waals surface area contributed by atoms with Crippen molar-refractivity contribution in [3.63, 3.8) is 0 Å². The molecule has 0 aromatic carbocycles. The molecule has 2 unspecified atom stereocenters. The van der Waals surface area contributed by atoms with Crippen LogP contribution in [0.1, 0.15) is 47.5 Å². The number of nitrogens with zero attached hydrogens (tertiary/aromatic N) is 2. The zero-order valence-corrected chi connectivity index (χ0v) is 15.2. The van der Waals surface area contributed by atoms with E-state index in [4.69, 9.17) is 9.73 Å². The summed E-state index contributed by atoms with van der Waals surface area (Å²) in [5.41, 5.74) is 0. The molecule has 0 amide bonds. The Morgan fingerprint density at radius 3 is 2.59 bits per heavy atom. The van der Waals surface area contributed by atoms with E-state index in [-0.39, 0.29) is 0 Å². The van der Waals surface area contributed by atoms with Crippen LogP contribution in [0.2, 0.25) is 0 Å². The van der Waals surface area contributed by atoms with Crippen LogP contribution in [0.15, 0.2) is 4.99 Å². The largest absolute Gasteiger partial charge is 0.379 e. The molecule has 0 bridgehead atoms. The molecule has 0 radical (unpaired) electrons. The predicted molar refractivity (Wildman–Crippen MR) is 94.5 cm³/mol. The van der Waals surface area contributed by atoms with Crippen LogP contribution in [-0.2, 0) is 4.74 Å². The van der Waals surface area contributed by atoms with Crippen LogP contribution < -0.4 is 10.6 Å². The lowest BCUT2D eigenvalue weighted by Gasteiger charge is -2.38. The molecule has 0 spiro atoms. The maximum Gasteiger partial charge on any atom is 0.191 e. The molecule has 1 aliphatic rings. The first-order valence-corrected chi connectivity index (χ1v) is 8.97. The summed E-state index contributed by atoms with van der Waals surface area (Å²) in [6, 6.07) is 0.977. The highest BCUT2D eigenvalue weighted by Gasteiger charge is 2.23. The van der Waals surface area contributed by atoms with Crippen molar-refractivity contribution in [2.75, 3.05) is 39.4 Å². The SMILES string of the molecule is CCNC(=NCC(CC)CC)NCC(C)N1CCOCC1C. The minimum Gasteiger partial charge on any atom is -0.379 e. The van der Waals surface area contributed by atoms with Gasteiger partial charge < -0.3 is 15.4 Å². The van der Waals surface area contributed by atoms with Gasteiger partial charge >= 0.3 is 0 Å². The fourth-order valence-electron chi connectivity index (χ4n) is 2.87. The Morgan fingerprint density at radius 1 is 1.27 bits per heavy atom. The Kier molecular flexibility index (Phi) is 9.48. The van der Waals surface area contributed by atoms with Crippen molar-refractivity contribution in [2.45, 2.75) is 59.5 Å². The number of guanidine groups is 1.